The molecule has 0 N–H and O–H groups in total. The molecule has 1 atom stereocenters. The van der Waals surface area contributed by atoms with Crippen molar-refractivity contribution in [3.05, 3.63) is 35.2 Å². The molecule has 9 heteroatoms. The average Bonchev–Trinajstić information content (AvgIpc) is 3.32. The predicted octanol–water partition coefficient (Wildman–Crippen LogP) is 1.82. The number of nitrogens with zero attached hydrogens (tertiary/aromatic N) is 7. The third-order valence-electron chi connectivity index (χ3n) is 5.11. The zero-order chi connectivity index (χ0) is 19.1. The first-order chi connectivity index (χ1) is 12.9. The quantitative estimate of drug-likeness (QED) is 0.696. The standard InChI is InChI=1S/C18H23N7O2/c1-11-8-24(17(26)6-5-15-12(2)22-27-13(15)3)10-16-20-21-18(25(11)16)14-7-19-23(4)9-14/h7,9,11H,5-6,8,10H2,1-4H3/t11-/m0/s1. The van der Waals surface area contributed by atoms with Crippen LogP contribution in [0.5, 0.6) is 0 Å². The van der Waals surface area contributed by atoms with Gasteiger partial charge >= 0.3 is 0 Å². The molecule has 0 fully saturated rings. The molecule has 0 bridgehead atoms. The van der Waals surface area contributed by atoms with E-state index in [0.717, 1.165) is 34.2 Å². The highest BCUT2D eigenvalue weighted by Gasteiger charge is 2.30. The van der Waals surface area contributed by atoms with Crippen molar-refractivity contribution in [3.63, 3.8) is 0 Å². The number of amides is 1. The van der Waals surface area contributed by atoms with Crippen LogP contribution in [0.1, 0.15) is 42.2 Å². The summed E-state index contributed by atoms with van der Waals surface area (Å²) < 4.78 is 9.03. The Morgan fingerprint density at radius 1 is 1.33 bits per heavy atom. The number of carbonyl (C=O) groups excluding carboxylic acids is 1. The summed E-state index contributed by atoms with van der Waals surface area (Å²) >= 11 is 0. The first kappa shape index (κ1) is 17.4. The van der Waals surface area contributed by atoms with Crippen molar-refractivity contribution in [2.24, 2.45) is 7.05 Å². The van der Waals surface area contributed by atoms with E-state index in [9.17, 15) is 4.79 Å². The van der Waals surface area contributed by atoms with Gasteiger partial charge in [-0.15, -0.1) is 10.2 Å². The molecule has 1 aliphatic heterocycles. The van der Waals surface area contributed by atoms with Crippen molar-refractivity contribution in [2.75, 3.05) is 6.54 Å². The molecule has 1 aliphatic rings. The SMILES string of the molecule is Cc1noc(C)c1CCC(=O)N1Cc2nnc(-c3cnn(C)c3)n2[C@@H](C)C1. The van der Waals surface area contributed by atoms with Crippen LogP contribution in [0, 0.1) is 13.8 Å². The van der Waals surface area contributed by atoms with E-state index in [1.54, 1.807) is 10.9 Å². The minimum atomic E-state index is 0.0990. The van der Waals surface area contributed by atoms with Crippen LogP contribution in [0.25, 0.3) is 11.4 Å². The Balaban J connectivity index is 1.49. The topological polar surface area (TPSA) is 94.9 Å². The Kier molecular flexibility index (Phi) is 4.29. The van der Waals surface area contributed by atoms with Crippen LogP contribution in [0.2, 0.25) is 0 Å². The van der Waals surface area contributed by atoms with Crippen molar-refractivity contribution in [1.82, 2.24) is 34.6 Å². The molecule has 3 aromatic rings. The lowest BCUT2D eigenvalue weighted by molar-refractivity contribution is -0.133. The van der Waals surface area contributed by atoms with Gasteiger partial charge in [0.25, 0.3) is 0 Å². The zero-order valence-corrected chi connectivity index (χ0v) is 16.0. The molecule has 142 valence electrons. The van der Waals surface area contributed by atoms with Gasteiger partial charge in [0.05, 0.1) is 30.0 Å². The van der Waals surface area contributed by atoms with Gasteiger partial charge in [0.15, 0.2) is 11.6 Å². The van der Waals surface area contributed by atoms with Gasteiger partial charge in [-0.2, -0.15) is 5.10 Å². The molecule has 0 spiro atoms. The number of hydrogen-bond acceptors (Lipinski definition) is 6. The second kappa shape index (κ2) is 6.64. The van der Waals surface area contributed by atoms with Crippen molar-refractivity contribution in [2.45, 2.75) is 46.2 Å². The lowest BCUT2D eigenvalue weighted by atomic mass is 10.1. The Hall–Kier alpha value is -2.97. The summed E-state index contributed by atoms with van der Waals surface area (Å²) in [5, 5.41) is 16.8. The van der Waals surface area contributed by atoms with E-state index in [1.807, 2.05) is 32.0 Å². The largest absolute Gasteiger partial charge is 0.361 e. The fourth-order valence-electron chi connectivity index (χ4n) is 3.70. The first-order valence-electron chi connectivity index (χ1n) is 9.06. The van der Waals surface area contributed by atoms with Crippen LogP contribution >= 0.6 is 0 Å². The van der Waals surface area contributed by atoms with Crippen molar-refractivity contribution in [1.29, 1.82) is 0 Å². The lowest BCUT2D eigenvalue weighted by Gasteiger charge is -2.32. The second-order valence-corrected chi connectivity index (χ2v) is 7.14. The number of hydrogen-bond donors (Lipinski definition) is 0. The van der Waals surface area contributed by atoms with Gasteiger partial charge in [0.2, 0.25) is 5.91 Å². The maximum atomic E-state index is 12.8. The normalized spacial score (nSPS) is 16.6. The maximum absolute atomic E-state index is 12.8. The summed E-state index contributed by atoms with van der Waals surface area (Å²) in [6.45, 7) is 6.98. The lowest BCUT2D eigenvalue weighted by Crippen LogP contribution is -2.40. The highest BCUT2D eigenvalue weighted by atomic mass is 16.5. The smallest absolute Gasteiger partial charge is 0.223 e. The fraction of sp³-hybridized carbons (Fsp3) is 0.500. The molecule has 0 radical (unpaired) electrons. The van der Waals surface area contributed by atoms with Gasteiger partial charge in [-0.05, 0) is 27.2 Å². The van der Waals surface area contributed by atoms with Gasteiger partial charge in [-0.25, -0.2) is 0 Å². The minimum Gasteiger partial charge on any atom is -0.361 e. The molecule has 0 aromatic carbocycles. The van der Waals surface area contributed by atoms with Gasteiger partial charge in [0.1, 0.15) is 5.76 Å². The maximum Gasteiger partial charge on any atom is 0.223 e. The molecule has 0 aliphatic carbocycles. The number of aryl methyl sites for hydroxylation is 3. The number of rotatable bonds is 4. The molecule has 0 saturated heterocycles. The number of fused-ring (bicyclic) bond motifs is 1. The van der Waals surface area contributed by atoms with Crippen LogP contribution in [0.3, 0.4) is 0 Å². The highest BCUT2D eigenvalue weighted by Crippen LogP contribution is 2.27. The molecule has 0 saturated carbocycles. The molecular formula is C18H23N7O2. The molecule has 3 aromatic heterocycles. The van der Waals surface area contributed by atoms with Crippen LogP contribution in [-0.4, -0.2) is 47.1 Å². The first-order valence-corrected chi connectivity index (χ1v) is 9.06. The molecule has 4 rings (SSSR count). The second-order valence-electron chi connectivity index (χ2n) is 7.14. The molecule has 27 heavy (non-hydrogen) atoms. The van der Waals surface area contributed by atoms with Crippen LogP contribution < -0.4 is 0 Å². The van der Waals surface area contributed by atoms with Crippen LogP contribution in [-0.2, 0) is 24.8 Å². The van der Waals surface area contributed by atoms with E-state index >= 15 is 0 Å². The molecule has 9 nitrogen and oxygen atoms in total. The fourth-order valence-corrected chi connectivity index (χ4v) is 3.70. The third kappa shape index (κ3) is 3.13. The summed E-state index contributed by atoms with van der Waals surface area (Å²) in [6, 6.07) is 0.0990. The van der Waals surface area contributed by atoms with E-state index in [1.165, 1.54) is 0 Å². The minimum absolute atomic E-state index is 0.0990. The Bertz CT molecular complexity index is 964. The summed E-state index contributed by atoms with van der Waals surface area (Å²) in [7, 11) is 1.87. The molecule has 4 heterocycles. The Morgan fingerprint density at radius 3 is 2.81 bits per heavy atom. The van der Waals surface area contributed by atoms with Crippen molar-refractivity contribution >= 4 is 5.91 Å². The molecule has 0 unspecified atom stereocenters. The van der Waals surface area contributed by atoms with E-state index in [0.29, 0.717) is 25.9 Å². The monoisotopic (exact) mass is 369 g/mol. The third-order valence-corrected chi connectivity index (χ3v) is 5.11. The molecular weight excluding hydrogens is 346 g/mol. The highest BCUT2D eigenvalue weighted by molar-refractivity contribution is 5.76. The van der Waals surface area contributed by atoms with E-state index < -0.39 is 0 Å². The van der Waals surface area contributed by atoms with E-state index in [2.05, 4.69) is 31.9 Å². The predicted molar refractivity (Wildman–Crippen MR) is 96.7 cm³/mol. The zero-order valence-electron chi connectivity index (χ0n) is 16.0. The Morgan fingerprint density at radius 2 is 2.15 bits per heavy atom. The number of aromatic nitrogens is 6. The van der Waals surface area contributed by atoms with E-state index in [-0.39, 0.29) is 11.9 Å². The van der Waals surface area contributed by atoms with E-state index in [4.69, 9.17) is 4.52 Å². The van der Waals surface area contributed by atoms with Crippen LogP contribution in [0.15, 0.2) is 16.9 Å². The summed E-state index contributed by atoms with van der Waals surface area (Å²) in [5.41, 5.74) is 2.81. The van der Waals surface area contributed by atoms with Crippen LogP contribution in [0.4, 0.5) is 0 Å². The van der Waals surface area contributed by atoms with Crippen molar-refractivity contribution in [3.8, 4) is 11.4 Å². The summed E-state index contributed by atoms with van der Waals surface area (Å²) in [6.07, 6.45) is 4.77. The van der Waals surface area contributed by atoms with Gasteiger partial charge < -0.3 is 14.0 Å². The van der Waals surface area contributed by atoms with Gasteiger partial charge in [0, 0.05) is 31.8 Å². The summed E-state index contributed by atoms with van der Waals surface area (Å²) in [4.78, 5) is 14.6. The number of carbonyl (C=O) groups is 1. The van der Waals surface area contributed by atoms with Crippen molar-refractivity contribution < 1.29 is 9.32 Å². The summed E-state index contributed by atoms with van der Waals surface area (Å²) in [5.74, 6) is 2.50. The van der Waals surface area contributed by atoms with Gasteiger partial charge in [-0.1, -0.05) is 5.16 Å². The molecule has 1 amide bonds. The average molecular weight is 369 g/mol. The Labute approximate surface area is 157 Å². The van der Waals surface area contributed by atoms with Gasteiger partial charge in [-0.3, -0.25) is 9.48 Å².